The highest BCUT2D eigenvalue weighted by Crippen LogP contribution is 2.42. The molecule has 25 heavy (non-hydrogen) atoms. The number of hydrogen-bond acceptors (Lipinski definition) is 6. The van der Waals surface area contributed by atoms with Crippen LogP contribution in [0.1, 0.15) is 44.9 Å². The van der Waals surface area contributed by atoms with Crippen molar-refractivity contribution in [3.05, 3.63) is 11.3 Å². The molecule has 6 nitrogen and oxygen atoms in total. The lowest BCUT2D eigenvalue weighted by molar-refractivity contribution is 0.210. The lowest BCUT2D eigenvalue weighted by Crippen LogP contribution is -2.30. The standard InChI is InChI=1S/C19H29N5O/c1-19(2,3)11-5-6-14-13(9-11)15-16(25-14)17(23-18(20)22-15)24-8-7-12(10-24)21-4/h11-12,21H,5-10H2,1-4H3,(H2,20,22,23)/t11?,12-/m1/s1. The molecular weight excluding hydrogens is 314 g/mol. The number of nitrogens with two attached hydrogens (primary N) is 1. The van der Waals surface area contributed by atoms with Crippen LogP contribution in [0.4, 0.5) is 11.8 Å². The number of rotatable bonds is 2. The number of furan rings is 1. The van der Waals surface area contributed by atoms with Crippen LogP contribution >= 0.6 is 0 Å². The van der Waals surface area contributed by atoms with Crippen LogP contribution < -0.4 is 16.0 Å². The number of nitrogens with one attached hydrogen (secondary N) is 1. The highest BCUT2D eigenvalue weighted by atomic mass is 16.3. The molecule has 4 rings (SSSR count). The van der Waals surface area contributed by atoms with Crippen molar-refractivity contribution in [3.8, 4) is 0 Å². The number of anilines is 2. The fraction of sp³-hybridized carbons (Fsp3) is 0.684. The smallest absolute Gasteiger partial charge is 0.222 e. The molecule has 0 spiro atoms. The molecule has 0 bridgehead atoms. The highest BCUT2D eigenvalue weighted by Gasteiger charge is 2.34. The number of aryl methyl sites for hydroxylation is 1. The molecule has 0 amide bonds. The van der Waals surface area contributed by atoms with E-state index in [4.69, 9.17) is 10.2 Å². The van der Waals surface area contributed by atoms with Gasteiger partial charge in [-0.2, -0.15) is 4.98 Å². The zero-order chi connectivity index (χ0) is 17.8. The molecule has 2 aliphatic rings. The third-order valence-corrected chi connectivity index (χ3v) is 6.00. The summed E-state index contributed by atoms with van der Waals surface area (Å²) in [5.74, 6) is 2.93. The van der Waals surface area contributed by atoms with E-state index in [2.05, 4.69) is 41.0 Å². The molecular formula is C19H29N5O. The summed E-state index contributed by atoms with van der Waals surface area (Å²) < 4.78 is 6.28. The van der Waals surface area contributed by atoms with Gasteiger partial charge in [-0.25, -0.2) is 4.98 Å². The van der Waals surface area contributed by atoms with Crippen LogP contribution in [0.15, 0.2) is 4.42 Å². The zero-order valence-corrected chi connectivity index (χ0v) is 15.7. The molecule has 1 fully saturated rings. The largest absolute Gasteiger partial charge is 0.455 e. The monoisotopic (exact) mass is 343 g/mol. The van der Waals surface area contributed by atoms with Gasteiger partial charge in [0.15, 0.2) is 11.4 Å². The maximum absolute atomic E-state index is 6.28. The van der Waals surface area contributed by atoms with Crippen molar-refractivity contribution in [2.75, 3.05) is 30.8 Å². The number of nitrogen functional groups attached to an aromatic ring is 1. The van der Waals surface area contributed by atoms with Crippen molar-refractivity contribution in [1.82, 2.24) is 15.3 Å². The predicted octanol–water partition coefficient (Wildman–Crippen LogP) is 2.75. The highest BCUT2D eigenvalue weighted by molar-refractivity contribution is 5.89. The fourth-order valence-corrected chi connectivity index (χ4v) is 4.28. The van der Waals surface area contributed by atoms with Crippen LogP contribution in [0.3, 0.4) is 0 Å². The summed E-state index contributed by atoms with van der Waals surface area (Å²) >= 11 is 0. The Hall–Kier alpha value is -1.82. The Kier molecular flexibility index (Phi) is 3.90. The van der Waals surface area contributed by atoms with Gasteiger partial charge in [0.05, 0.1) is 0 Å². The van der Waals surface area contributed by atoms with Gasteiger partial charge in [-0.15, -0.1) is 0 Å². The summed E-state index contributed by atoms with van der Waals surface area (Å²) in [5, 5.41) is 3.35. The minimum atomic E-state index is 0.289. The van der Waals surface area contributed by atoms with Gasteiger partial charge in [-0.1, -0.05) is 20.8 Å². The van der Waals surface area contributed by atoms with Gasteiger partial charge in [0.2, 0.25) is 5.95 Å². The van der Waals surface area contributed by atoms with Gasteiger partial charge in [-0.05, 0) is 37.6 Å². The average Bonchev–Trinajstić information content (AvgIpc) is 3.17. The van der Waals surface area contributed by atoms with Crippen LogP contribution in [-0.4, -0.2) is 36.1 Å². The summed E-state index contributed by atoms with van der Waals surface area (Å²) in [6.07, 6.45) is 4.27. The molecule has 136 valence electrons. The molecule has 2 aromatic heterocycles. The second kappa shape index (κ2) is 5.87. The van der Waals surface area contributed by atoms with E-state index in [-0.39, 0.29) is 5.41 Å². The van der Waals surface area contributed by atoms with Gasteiger partial charge in [0, 0.05) is 31.1 Å². The first kappa shape index (κ1) is 16.6. The number of aromatic nitrogens is 2. The third-order valence-electron chi connectivity index (χ3n) is 6.00. The van der Waals surface area contributed by atoms with E-state index in [1.54, 1.807) is 0 Å². The van der Waals surface area contributed by atoms with Gasteiger partial charge < -0.3 is 20.4 Å². The summed E-state index contributed by atoms with van der Waals surface area (Å²) in [7, 11) is 2.01. The molecule has 1 aliphatic carbocycles. The molecule has 0 aromatic carbocycles. The minimum absolute atomic E-state index is 0.289. The Bertz CT molecular complexity index is 791. The molecule has 6 heteroatoms. The molecule has 1 saturated heterocycles. The Balaban J connectivity index is 1.77. The van der Waals surface area contributed by atoms with E-state index in [1.165, 1.54) is 12.0 Å². The van der Waals surface area contributed by atoms with Crippen LogP contribution in [0.2, 0.25) is 0 Å². The molecule has 1 aliphatic heterocycles. The van der Waals surface area contributed by atoms with E-state index in [9.17, 15) is 0 Å². The van der Waals surface area contributed by atoms with Crippen molar-refractivity contribution in [2.24, 2.45) is 11.3 Å². The van der Waals surface area contributed by atoms with Gasteiger partial charge in [0.1, 0.15) is 11.3 Å². The molecule has 2 aromatic rings. The topological polar surface area (TPSA) is 80.2 Å². The van der Waals surface area contributed by atoms with Gasteiger partial charge in [-0.3, -0.25) is 0 Å². The number of nitrogens with zero attached hydrogens (tertiary/aromatic N) is 3. The maximum Gasteiger partial charge on any atom is 0.222 e. The van der Waals surface area contributed by atoms with E-state index in [0.717, 1.165) is 55.0 Å². The first-order chi connectivity index (χ1) is 11.9. The number of fused-ring (bicyclic) bond motifs is 3. The van der Waals surface area contributed by atoms with Crippen molar-refractivity contribution in [3.63, 3.8) is 0 Å². The van der Waals surface area contributed by atoms with Crippen molar-refractivity contribution < 1.29 is 4.42 Å². The molecule has 0 radical (unpaired) electrons. The van der Waals surface area contributed by atoms with Crippen LogP contribution in [0.25, 0.3) is 11.1 Å². The van der Waals surface area contributed by atoms with E-state index in [1.807, 2.05) is 7.05 Å². The SMILES string of the molecule is CN[C@@H]1CCN(c2nc(N)nc3c4c(oc23)CCC(C(C)(C)C)C4)C1. The Labute approximate surface area is 149 Å². The van der Waals surface area contributed by atoms with Gasteiger partial charge in [0.25, 0.3) is 0 Å². The Morgan fingerprint density at radius 2 is 2.04 bits per heavy atom. The normalized spacial score (nSPS) is 24.1. The summed E-state index contributed by atoms with van der Waals surface area (Å²) in [6.45, 7) is 8.86. The average molecular weight is 343 g/mol. The Morgan fingerprint density at radius 3 is 2.72 bits per heavy atom. The predicted molar refractivity (Wildman–Crippen MR) is 101 cm³/mol. The number of hydrogen-bond donors (Lipinski definition) is 2. The second-order valence-corrected chi connectivity index (χ2v) is 8.61. The number of likely N-dealkylation sites (N-methyl/N-ethyl adjacent to an activating group) is 1. The molecule has 1 unspecified atom stereocenters. The summed E-state index contributed by atoms with van der Waals surface area (Å²) in [6, 6.07) is 0.487. The van der Waals surface area contributed by atoms with E-state index in [0.29, 0.717) is 17.9 Å². The first-order valence-corrected chi connectivity index (χ1v) is 9.36. The molecule has 3 heterocycles. The van der Waals surface area contributed by atoms with E-state index < -0.39 is 0 Å². The maximum atomic E-state index is 6.28. The lowest BCUT2D eigenvalue weighted by atomic mass is 9.72. The Morgan fingerprint density at radius 1 is 1.24 bits per heavy atom. The molecule has 2 atom stereocenters. The fourth-order valence-electron chi connectivity index (χ4n) is 4.28. The van der Waals surface area contributed by atoms with Crippen LogP contribution in [0, 0.1) is 11.3 Å². The van der Waals surface area contributed by atoms with Crippen molar-refractivity contribution in [1.29, 1.82) is 0 Å². The van der Waals surface area contributed by atoms with E-state index >= 15 is 0 Å². The molecule has 0 saturated carbocycles. The molecule has 3 N–H and O–H groups in total. The summed E-state index contributed by atoms with van der Waals surface area (Å²) in [4.78, 5) is 11.4. The third kappa shape index (κ3) is 2.86. The lowest BCUT2D eigenvalue weighted by Gasteiger charge is -2.33. The second-order valence-electron chi connectivity index (χ2n) is 8.61. The van der Waals surface area contributed by atoms with Crippen molar-refractivity contribution in [2.45, 2.75) is 52.5 Å². The van der Waals surface area contributed by atoms with Crippen LogP contribution in [-0.2, 0) is 12.8 Å². The quantitative estimate of drug-likeness (QED) is 0.873. The zero-order valence-electron chi connectivity index (χ0n) is 15.7. The van der Waals surface area contributed by atoms with Crippen LogP contribution in [0.5, 0.6) is 0 Å². The summed E-state index contributed by atoms with van der Waals surface area (Å²) in [5.41, 5.74) is 9.36. The van der Waals surface area contributed by atoms with Crippen molar-refractivity contribution >= 4 is 22.9 Å². The minimum Gasteiger partial charge on any atom is -0.455 e. The first-order valence-electron chi connectivity index (χ1n) is 9.36. The van der Waals surface area contributed by atoms with Gasteiger partial charge >= 0.3 is 0 Å².